The number of nitrogens with zero attached hydrogens (tertiary/aromatic N) is 1. The van der Waals surface area contributed by atoms with Gasteiger partial charge in [-0.05, 0) is 31.9 Å². The lowest BCUT2D eigenvalue weighted by Gasteiger charge is -2.37. The molecule has 2 aliphatic rings. The maximum atomic E-state index is 12.7. The maximum Gasteiger partial charge on any atom is 0.256 e. The Bertz CT molecular complexity index is 528. The maximum absolute atomic E-state index is 12.7. The number of nitrogens with one attached hydrogen (secondary N) is 2. The molecule has 0 saturated carbocycles. The molecule has 20 heavy (non-hydrogen) atoms. The zero-order valence-corrected chi connectivity index (χ0v) is 11.8. The van der Waals surface area contributed by atoms with E-state index in [1.165, 1.54) is 0 Å². The number of carbonyl (C=O) groups excluding carboxylic acids is 1. The van der Waals surface area contributed by atoms with Crippen LogP contribution in [0.4, 0.5) is 11.4 Å². The number of likely N-dealkylation sites (tertiary alicyclic amines) is 1. The van der Waals surface area contributed by atoms with Crippen LogP contribution in [0, 0.1) is 0 Å². The number of hydrogen-bond acceptors (Lipinski definition) is 4. The molecule has 0 spiro atoms. The predicted molar refractivity (Wildman–Crippen MR) is 79.2 cm³/mol. The van der Waals surface area contributed by atoms with Gasteiger partial charge in [-0.3, -0.25) is 4.79 Å². The van der Waals surface area contributed by atoms with E-state index < -0.39 is 5.60 Å². The summed E-state index contributed by atoms with van der Waals surface area (Å²) >= 11 is 0. The molecule has 1 atom stereocenters. The summed E-state index contributed by atoms with van der Waals surface area (Å²) < 4.78 is 0. The van der Waals surface area contributed by atoms with Gasteiger partial charge in [0.15, 0.2) is 0 Å². The highest BCUT2D eigenvalue weighted by Gasteiger charge is 2.32. The molecule has 0 bridgehead atoms. The largest absolute Gasteiger partial charge is 0.388 e. The summed E-state index contributed by atoms with van der Waals surface area (Å²) in [5, 5.41) is 16.8. The van der Waals surface area contributed by atoms with Crippen molar-refractivity contribution >= 4 is 17.3 Å². The standard InChI is InChI=1S/C15H21N3O2/c1-15(20)6-3-9-18(10-15)14(19)11-4-2-5-12-13(11)17-8-7-16-12/h2,4-5,16-17,20H,3,6-10H2,1H3. The van der Waals surface area contributed by atoms with Crippen LogP contribution in [0.1, 0.15) is 30.1 Å². The second-order valence-electron chi connectivity index (χ2n) is 5.91. The van der Waals surface area contributed by atoms with E-state index in [0.717, 1.165) is 37.3 Å². The second-order valence-corrected chi connectivity index (χ2v) is 5.91. The van der Waals surface area contributed by atoms with E-state index in [4.69, 9.17) is 0 Å². The number of fused-ring (bicyclic) bond motifs is 1. The van der Waals surface area contributed by atoms with Crippen molar-refractivity contribution in [2.75, 3.05) is 36.8 Å². The van der Waals surface area contributed by atoms with Crippen molar-refractivity contribution in [2.24, 2.45) is 0 Å². The Balaban J connectivity index is 1.87. The van der Waals surface area contributed by atoms with Crippen LogP contribution in [0.15, 0.2) is 18.2 Å². The van der Waals surface area contributed by atoms with Gasteiger partial charge in [-0.1, -0.05) is 6.07 Å². The first-order valence-corrected chi connectivity index (χ1v) is 7.19. The molecule has 3 rings (SSSR count). The molecule has 1 unspecified atom stereocenters. The van der Waals surface area contributed by atoms with Crippen LogP contribution < -0.4 is 10.6 Å². The minimum atomic E-state index is -0.769. The number of benzene rings is 1. The quantitative estimate of drug-likeness (QED) is 0.727. The van der Waals surface area contributed by atoms with Crippen molar-refractivity contribution in [3.8, 4) is 0 Å². The van der Waals surface area contributed by atoms with Crippen molar-refractivity contribution < 1.29 is 9.90 Å². The van der Waals surface area contributed by atoms with Crippen LogP contribution in [0.5, 0.6) is 0 Å². The summed E-state index contributed by atoms with van der Waals surface area (Å²) in [6, 6.07) is 5.73. The van der Waals surface area contributed by atoms with Gasteiger partial charge in [0.05, 0.1) is 22.5 Å². The topological polar surface area (TPSA) is 64.6 Å². The molecule has 0 aromatic heterocycles. The van der Waals surface area contributed by atoms with E-state index in [2.05, 4.69) is 10.6 Å². The predicted octanol–water partition coefficient (Wildman–Crippen LogP) is 1.51. The number of hydrogen-bond donors (Lipinski definition) is 3. The summed E-state index contributed by atoms with van der Waals surface area (Å²) in [6.07, 6.45) is 1.60. The first-order valence-electron chi connectivity index (χ1n) is 7.19. The Morgan fingerprint density at radius 1 is 1.35 bits per heavy atom. The van der Waals surface area contributed by atoms with Crippen LogP contribution in [-0.2, 0) is 0 Å². The highest BCUT2D eigenvalue weighted by Crippen LogP contribution is 2.30. The van der Waals surface area contributed by atoms with E-state index >= 15 is 0 Å². The van der Waals surface area contributed by atoms with Crippen LogP contribution >= 0.6 is 0 Å². The second kappa shape index (κ2) is 4.98. The Hall–Kier alpha value is -1.75. The van der Waals surface area contributed by atoms with Crippen molar-refractivity contribution in [3.05, 3.63) is 23.8 Å². The molecule has 108 valence electrons. The fraction of sp³-hybridized carbons (Fsp3) is 0.533. The molecule has 5 nitrogen and oxygen atoms in total. The Labute approximate surface area is 119 Å². The van der Waals surface area contributed by atoms with Gasteiger partial charge < -0.3 is 20.6 Å². The van der Waals surface area contributed by atoms with Crippen molar-refractivity contribution in [1.29, 1.82) is 0 Å². The third kappa shape index (κ3) is 2.45. The number of piperidine rings is 1. The lowest BCUT2D eigenvalue weighted by Crippen LogP contribution is -2.48. The highest BCUT2D eigenvalue weighted by atomic mass is 16.3. The van der Waals surface area contributed by atoms with Gasteiger partial charge in [-0.25, -0.2) is 0 Å². The molecule has 1 amide bonds. The lowest BCUT2D eigenvalue weighted by atomic mass is 9.94. The SMILES string of the molecule is CC1(O)CCCN(C(=O)c2cccc3c2NCCN3)C1. The number of rotatable bonds is 1. The lowest BCUT2D eigenvalue weighted by molar-refractivity contribution is -0.0107. The molecule has 1 saturated heterocycles. The molecule has 2 heterocycles. The molecule has 3 N–H and O–H groups in total. The van der Waals surface area contributed by atoms with E-state index in [1.807, 2.05) is 18.2 Å². The van der Waals surface area contributed by atoms with E-state index in [-0.39, 0.29) is 5.91 Å². The average molecular weight is 275 g/mol. The normalized spacial score (nSPS) is 25.4. The van der Waals surface area contributed by atoms with Crippen molar-refractivity contribution in [2.45, 2.75) is 25.4 Å². The van der Waals surface area contributed by atoms with E-state index in [0.29, 0.717) is 18.7 Å². The molecule has 2 aliphatic heterocycles. The van der Waals surface area contributed by atoms with Gasteiger partial charge in [0, 0.05) is 26.2 Å². The monoisotopic (exact) mass is 275 g/mol. The molecule has 0 radical (unpaired) electrons. The minimum absolute atomic E-state index is 0.00183. The van der Waals surface area contributed by atoms with Crippen molar-refractivity contribution in [1.82, 2.24) is 4.90 Å². The van der Waals surface area contributed by atoms with E-state index in [1.54, 1.807) is 11.8 Å². The summed E-state index contributed by atoms with van der Waals surface area (Å²) in [5.74, 6) is -0.00183. The Kier molecular flexibility index (Phi) is 3.30. The van der Waals surface area contributed by atoms with Gasteiger partial charge in [0.2, 0.25) is 0 Å². The zero-order chi connectivity index (χ0) is 14.2. The number of amides is 1. The number of aliphatic hydroxyl groups is 1. The molecular weight excluding hydrogens is 254 g/mol. The number of anilines is 2. The number of carbonyl (C=O) groups is 1. The first kappa shape index (κ1) is 13.2. The summed E-state index contributed by atoms with van der Waals surface area (Å²) in [5.41, 5.74) is 1.78. The molecule has 0 aliphatic carbocycles. The van der Waals surface area contributed by atoms with Gasteiger partial charge in [0.25, 0.3) is 5.91 Å². The van der Waals surface area contributed by atoms with Crippen molar-refractivity contribution in [3.63, 3.8) is 0 Å². The minimum Gasteiger partial charge on any atom is -0.388 e. The number of β-amino-alcohol motifs (C(OH)–C–C–N with tert-alkyl or cyclic N) is 1. The highest BCUT2D eigenvalue weighted by molar-refractivity contribution is 6.02. The third-order valence-electron chi connectivity index (χ3n) is 4.00. The van der Waals surface area contributed by atoms with Crippen LogP contribution in [-0.4, -0.2) is 47.7 Å². The fourth-order valence-corrected chi connectivity index (χ4v) is 3.02. The molecular formula is C15H21N3O2. The fourth-order valence-electron chi connectivity index (χ4n) is 3.02. The average Bonchev–Trinajstić information content (AvgIpc) is 2.45. The first-order chi connectivity index (χ1) is 9.57. The molecule has 1 aromatic carbocycles. The van der Waals surface area contributed by atoms with Gasteiger partial charge in [-0.2, -0.15) is 0 Å². The Morgan fingerprint density at radius 3 is 2.95 bits per heavy atom. The molecule has 5 heteroatoms. The molecule has 1 aromatic rings. The van der Waals surface area contributed by atoms with Gasteiger partial charge in [0.1, 0.15) is 0 Å². The molecule has 1 fully saturated rings. The van der Waals surface area contributed by atoms with E-state index in [9.17, 15) is 9.90 Å². The third-order valence-corrected chi connectivity index (χ3v) is 4.00. The summed E-state index contributed by atoms with van der Waals surface area (Å²) in [7, 11) is 0. The van der Waals surface area contributed by atoms with Gasteiger partial charge in [-0.15, -0.1) is 0 Å². The smallest absolute Gasteiger partial charge is 0.256 e. The van der Waals surface area contributed by atoms with Crippen LogP contribution in [0.25, 0.3) is 0 Å². The van der Waals surface area contributed by atoms with Crippen LogP contribution in [0.3, 0.4) is 0 Å². The number of para-hydroxylation sites is 1. The van der Waals surface area contributed by atoms with Crippen LogP contribution in [0.2, 0.25) is 0 Å². The summed E-state index contributed by atoms with van der Waals surface area (Å²) in [4.78, 5) is 14.5. The van der Waals surface area contributed by atoms with Gasteiger partial charge >= 0.3 is 0 Å². The Morgan fingerprint density at radius 2 is 2.15 bits per heavy atom. The summed E-state index contributed by atoms with van der Waals surface area (Å²) in [6.45, 7) is 4.60. The zero-order valence-electron chi connectivity index (χ0n) is 11.8.